The molecule has 0 unspecified atom stereocenters. The van der Waals surface area contributed by atoms with E-state index in [0.717, 1.165) is 6.08 Å². The average Bonchev–Trinajstić information content (AvgIpc) is 2.34. The molecule has 10 heavy (non-hydrogen) atoms. The number of hydrogen-bond acceptors (Lipinski definition) is 1. The monoisotopic (exact) mass is 137 g/mol. The summed E-state index contributed by atoms with van der Waals surface area (Å²) in [6.07, 6.45) is 6.08. The van der Waals surface area contributed by atoms with Gasteiger partial charge in [0.05, 0.1) is 0 Å². The fourth-order valence-corrected chi connectivity index (χ4v) is 0.597. The maximum absolute atomic E-state index is 9.99. The summed E-state index contributed by atoms with van der Waals surface area (Å²) in [6, 6.07) is 3.65. The highest BCUT2D eigenvalue weighted by Gasteiger charge is 1.84. The molecule has 1 aromatic rings. The second-order valence-corrected chi connectivity index (χ2v) is 1.78. The van der Waals surface area contributed by atoms with Crippen LogP contribution in [0.15, 0.2) is 30.6 Å². The van der Waals surface area contributed by atoms with E-state index in [1.807, 2.05) is 12.1 Å². The van der Waals surface area contributed by atoms with Gasteiger partial charge in [-0.1, -0.05) is 0 Å². The van der Waals surface area contributed by atoms with Gasteiger partial charge in [0.1, 0.15) is 0 Å². The molecule has 0 fully saturated rings. The summed E-state index contributed by atoms with van der Waals surface area (Å²) in [5, 5.41) is 8.21. The molecule has 52 valence electrons. The molecule has 1 N–H and O–H groups in total. The van der Waals surface area contributed by atoms with Crippen molar-refractivity contribution in [3.63, 3.8) is 0 Å². The molecule has 0 radical (unpaired) electrons. The molecular formula is C7H7NO2. The summed E-state index contributed by atoms with van der Waals surface area (Å²) in [6.45, 7) is 0. The van der Waals surface area contributed by atoms with E-state index in [4.69, 9.17) is 5.11 Å². The van der Waals surface area contributed by atoms with Crippen molar-refractivity contribution in [3.05, 3.63) is 30.6 Å². The number of aliphatic carboxylic acids is 1. The minimum Gasteiger partial charge on any atom is -0.478 e. The first-order valence-electron chi connectivity index (χ1n) is 2.82. The Morgan fingerprint density at radius 2 is 2.00 bits per heavy atom. The van der Waals surface area contributed by atoms with Gasteiger partial charge in [-0.15, -0.1) is 0 Å². The fourth-order valence-electron chi connectivity index (χ4n) is 0.597. The van der Waals surface area contributed by atoms with E-state index in [-0.39, 0.29) is 0 Å². The Labute approximate surface area is 58.2 Å². The van der Waals surface area contributed by atoms with Crippen LogP contribution in [0.2, 0.25) is 0 Å². The van der Waals surface area contributed by atoms with Gasteiger partial charge in [0.2, 0.25) is 0 Å². The van der Waals surface area contributed by atoms with Gasteiger partial charge in [-0.2, -0.15) is 0 Å². The molecular weight excluding hydrogens is 130 g/mol. The number of carboxylic acids is 1. The van der Waals surface area contributed by atoms with Crippen LogP contribution >= 0.6 is 0 Å². The van der Waals surface area contributed by atoms with Crippen LogP contribution in [0, 0.1) is 0 Å². The van der Waals surface area contributed by atoms with E-state index in [0.29, 0.717) is 0 Å². The normalized spacial score (nSPS) is 10.4. The van der Waals surface area contributed by atoms with E-state index in [1.54, 1.807) is 17.0 Å². The van der Waals surface area contributed by atoms with Crippen LogP contribution in [0.5, 0.6) is 0 Å². The van der Waals surface area contributed by atoms with E-state index in [9.17, 15) is 4.79 Å². The summed E-state index contributed by atoms with van der Waals surface area (Å²) in [5.41, 5.74) is 0. The number of rotatable bonds is 2. The molecule has 1 heterocycles. The Bertz CT molecular complexity index is 236. The molecule has 3 heteroatoms. The molecule has 0 spiro atoms. The highest BCUT2D eigenvalue weighted by atomic mass is 16.4. The molecule has 0 aliphatic rings. The third-order valence-corrected chi connectivity index (χ3v) is 1.02. The first-order chi connectivity index (χ1) is 4.79. The van der Waals surface area contributed by atoms with E-state index < -0.39 is 5.97 Å². The number of carboxylic acid groups (broad SMARTS) is 1. The predicted octanol–water partition coefficient (Wildman–Crippen LogP) is 1.04. The Morgan fingerprint density at radius 3 is 2.50 bits per heavy atom. The minimum absolute atomic E-state index is 0.936. The van der Waals surface area contributed by atoms with Gasteiger partial charge >= 0.3 is 5.97 Å². The third kappa shape index (κ3) is 1.78. The summed E-state index contributed by atoms with van der Waals surface area (Å²) < 4.78 is 1.66. The van der Waals surface area contributed by atoms with E-state index >= 15 is 0 Å². The molecule has 0 aromatic carbocycles. The van der Waals surface area contributed by atoms with E-state index in [1.165, 1.54) is 6.20 Å². The lowest BCUT2D eigenvalue weighted by atomic mass is 10.6. The topological polar surface area (TPSA) is 42.2 Å². The van der Waals surface area contributed by atoms with Crippen molar-refractivity contribution in [2.45, 2.75) is 0 Å². The number of hydrogen-bond donors (Lipinski definition) is 1. The quantitative estimate of drug-likeness (QED) is 0.619. The maximum atomic E-state index is 9.99. The van der Waals surface area contributed by atoms with Crippen molar-refractivity contribution in [2.75, 3.05) is 0 Å². The van der Waals surface area contributed by atoms with Crippen molar-refractivity contribution in [3.8, 4) is 0 Å². The lowest BCUT2D eigenvalue weighted by Crippen LogP contribution is -1.87. The standard InChI is InChI=1S/C7H7NO2/c9-7(10)3-6-8-4-1-2-5-8/h1-6H,(H,9,10). The van der Waals surface area contributed by atoms with Crippen LogP contribution in [0.4, 0.5) is 0 Å². The lowest BCUT2D eigenvalue weighted by Gasteiger charge is -1.86. The van der Waals surface area contributed by atoms with Gasteiger partial charge in [0.15, 0.2) is 0 Å². The smallest absolute Gasteiger partial charge is 0.329 e. The van der Waals surface area contributed by atoms with Crippen molar-refractivity contribution in [2.24, 2.45) is 0 Å². The largest absolute Gasteiger partial charge is 0.478 e. The zero-order valence-electron chi connectivity index (χ0n) is 5.27. The van der Waals surface area contributed by atoms with Gasteiger partial charge in [-0.05, 0) is 12.1 Å². The van der Waals surface area contributed by atoms with Gasteiger partial charge in [-0.3, -0.25) is 0 Å². The van der Waals surface area contributed by atoms with E-state index in [2.05, 4.69) is 0 Å². The highest BCUT2D eigenvalue weighted by Crippen LogP contribution is 1.89. The molecule has 1 aromatic heterocycles. The molecule has 0 aliphatic heterocycles. The second-order valence-electron chi connectivity index (χ2n) is 1.78. The third-order valence-electron chi connectivity index (χ3n) is 1.02. The number of aromatic nitrogens is 1. The van der Waals surface area contributed by atoms with Gasteiger partial charge in [0, 0.05) is 24.7 Å². The van der Waals surface area contributed by atoms with Crippen LogP contribution in [0.3, 0.4) is 0 Å². The molecule has 3 nitrogen and oxygen atoms in total. The Hall–Kier alpha value is -1.51. The predicted molar refractivity (Wildman–Crippen MR) is 37.4 cm³/mol. The summed E-state index contributed by atoms with van der Waals surface area (Å²) >= 11 is 0. The van der Waals surface area contributed by atoms with Crippen molar-refractivity contribution >= 4 is 12.2 Å². The Balaban J connectivity index is 2.64. The zero-order valence-corrected chi connectivity index (χ0v) is 5.27. The first kappa shape index (κ1) is 6.61. The van der Waals surface area contributed by atoms with Crippen molar-refractivity contribution in [1.29, 1.82) is 0 Å². The summed E-state index contributed by atoms with van der Waals surface area (Å²) in [4.78, 5) is 9.99. The SMILES string of the molecule is O=C(O)C=Cn1cccc1. The van der Waals surface area contributed by atoms with Crippen LogP contribution in [-0.2, 0) is 4.79 Å². The Kier molecular flexibility index (Phi) is 1.89. The zero-order chi connectivity index (χ0) is 7.40. The van der Waals surface area contributed by atoms with Crippen molar-refractivity contribution in [1.82, 2.24) is 4.57 Å². The molecule has 0 amide bonds. The minimum atomic E-state index is -0.936. The maximum Gasteiger partial charge on any atom is 0.329 e. The summed E-state index contributed by atoms with van der Waals surface area (Å²) in [5.74, 6) is -0.936. The van der Waals surface area contributed by atoms with Crippen LogP contribution < -0.4 is 0 Å². The van der Waals surface area contributed by atoms with Crippen LogP contribution in [0.25, 0.3) is 6.20 Å². The molecule has 0 bridgehead atoms. The van der Waals surface area contributed by atoms with Crippen LogP contribution in [0.1, 0.15) is 0 Å². The highest BCUT2D eigenvalue weighted by molar-refractivity contribution is 5.82. The Morgan fingerprint density at radius 1 is 1.40 bits per heavy atom. The molecule has 0 aliphatic carbocycles. The lowest BCUT2D eigenvalue weighted by molar-refractivity contribution is -0.131. The molecule has 0 saturated heterocycles. The van der Waals surface area contributed by atoms with Crippen molar-refractivity contribution < 1.29 is 9.90 Å². The van der Waals surface area contributed by atoms with Gasteiger partial charge in [0.25, 0.3) is 0 Å². The first-order valence-corrected chi connectivity index (χ1v) is 2.82. The fraction of sp³-hybridized carbons (Fsp3) is 0. The number of nitrogens with zero attached hydrogens (tertiary/aromatic N) is 1. The second kappa shape index (κ2) is 2.87. The summed E-state index contributed by atoms with van der Waals surface area (Å²) in [7, 11) is 0. The average molecular weight is 137 g/mol. The molecule has 0 saturated carbocycles. The molecule has 1 rings (SSSR count). The van der Waals surface area contributed by atoms with Gasteiger partial charge < -0.3 is 9.67 Å². The molecule has 0 atom stereocenters. The van der Waals surface area contributed by atoms with Crippen LogP contribution in [-0.4, -0.2) is 15.6 Å². The van der Waals surface area contributed by atoms with Gasteiger partial charge in [-0.25, -0.2) is 4.79 Å². The number of carbonyl (C=O) groups is 1.